The fraction of sp³-hybridized carbons (Fsp3) is 0.917. The summed E-state index contributed by atoms with van der Waals surface area (Å²) in [6, 6.07) is -0.641. The first kappa shape index (κ1) is 52.6. The molecule has 0 spiro atoms. The van der Waals surface area contributed by atoms with Crippen LogP contribution in [0, 0.1) is 0 Å². The molecule has 0 aliphatic carbocycles. The maximum absolute atomic E-state index is 12.4. The van der Waals surface area contributed by atoms with Crippen LogP contribution in [-0.2, 0) is 14.3 Å². The van der Waals surface area contributed by atoms with E-state index in [2.05, 4.69) is 19.2 Å². The van der Waals surface area contributed by atoms with Gasteiger partial charge in [-0.15, -0.1) is 0 Å². The van der Waals surface area contributed by atoms with Crippen LogP contribution in [0.15, 0.2) is 12.2 Å². The van der Waals surface area contributed by atoms with Gasteiger partial charge >= 0.3 is 5.97 Å². The van der Waals surface area contributed by atoms with Gasteiger partial charge in [-0.25, -0.2) is 0 Å². The lowest BCUT2D eigenvalue weighted by Crippen LogP contribution is -2.45. The summed E-state index contributed by atoms with van der Waals surface area (Å²) in [7, 11) is 0. The van der Waals surface area contributed by atoms with Crippen LogP contribution in [0.3, 0.4) is 0 Å². The molecule has 0 aromatic carbocycles. The second-order valence-corrected chi connectivity index (χ2v) is 16.5. The number of rotatable bonds is 44. The molecule has 0 aromatic rings. The Bertz CT molecular complexity index is 802. The van der Waals surface area contributed by atoms with Gasteiger partial charge < -0.3 is 20.3 Å². The lowest BCUT2D eigenvalue weighted by atomic mass is 10.0. The molecule has 0 aliphatic rings. The summed E-state index contributed by atoms with van der Waals surface area (Å²) in [6.45, 7) is 4.83. The number of nitrogens with one attached hydrogen (secondary N) is 1. The fourth-order valence-electron chi connectivity index (χ4n) is 7.34. The highest BCUT2D eigenvalue weighted by molar-refractivity contribution is 5.76. The van der Waals surface area contributed by atoms with Crippen molar-refractivity contribution in [3.05, 3.63) is 12.2 Å². The van der Waals surface area contributed by atoms with Crippen molar-refractivity contribution in [2.45, 2.75) is 270 Å². The smallest absolute Gasteiger partial charge is 0.305 e. The highest BCUT2D eigenvalue weighted by atomic mass is 16.5. The van der Waals surface area contributed by atoms with Crippen molar-refractivity contribution in [3.63, 3.8) is 0 Å². The van der Waals surface area contributed by atoms with Crippen molar-refractivity contribution in [2.75, 3.05) is 13.2 Å². The second kappa shape index (κ2) is 44.3. The van der Waals surface area contributed by atoms with E-state index in [1.165, 1.54) is 173 Å². The number of amides is 1. The number of aliphatic hydroxyl groups excluding tert-OH is 2. The zero-order valence-corrected chi connectivity index (χ0v) is 36.2. The topological polar surface area (TPSA) is 95.9 Å². The molecule has 0 saturated heterocycles. The minimum atomic E-state index is -0.855. The predicted molar refractivity (Wildman–Crippen MR) is 232 cm³/mol. The number of ether oxygens (including phenoxy) is 1. The summed E-state index contributed by atoms with van der Waals surface area (Å²) in [5, 5.41) is 22.9. The van der Waals surface area contributed by atoms with Crippen LogP contribution in [-0.4, -0.2) is 47.4 Å². The maximum atomic E-state index is 12.4. The Morgan fingerprint density at radius 1 is 0.500 bits per heavy atom. The quantitative estimate of drug-likeness (QED) is 0.0326. The van der Waals surface area contributed by atoms with Gasteiger partial charge in [0.2, 0.25) is 5.91 Å². The van der Waals surface area contributed by atoms with E-state index in [0.29, 0.717) is 19.4 Å². The van der Waals surface area contributed by atoms with Crippen LogP contribution in [0.4, 0.5) is 0 Å². The van der Waals surface area contributed by atoms with E-state index in [0.717, 1.165) is 57.8 Å². The molecule has 0 bridgehead atoms. The van der Waals surface area contributed by atoms with Crippen molar-refractivity contribution < 1.29 is 24.5 Å². The van der Waals surface area contributed by atoms with Crippen LogP contribution in [0.25, 0.3) is 0 Å². The average molecular weight is 764 g/mol. The zero-order chi connectivity index (χ0) is 39.4. The summed E-state index contributed by atoms with van der Waals surface area (Å²) in [5.74, 6) is -0.110. The normalized spacial score (nSPS) is 12.7. The number of esters is 1. The molecule has 6 nitrogen and oxygen atoms in total. The SMILES string of the molecule is CCCCCCCCCC/C=C/C(O)C(CO)NC(=O)CCCCCCCCCCCCOC(=O)CCCCCCCCCCCCCCCCCCC. The van der Waals surface area contributed by atoms with Gasteiger partial charge in [-0.3, -0.25) is 9.59 Å². The molecule has 0 radical (unpaired) electrons. The van der Waals surface area contributed by atoms with E-state index in [-0.39, 0.29) is 18.5 Å². The maximum Gasteiger partial charge on any atom is 0.305 e. The van der Waals surface area contributed by atoms with Gasteiger partial charge in [0.05, 0.1) is 25.4 Å². The first-order valence-electron chi connectivity index (χ1n) is 24.0. The largest absolute Gasteiger partial charge is 0.466 e. The van der Waals surface area contributed by atoms with E-state index in [9.17, 15) is 19.8 Å². The first-order chi connectivity index (χ1) is 26.5. The van der Waals surface area contributed by atoms with Crippen LogP contribution in [0.5, 0.6) is 0 Å². The molecule has 6 heteroatoms. The summed E-state index contributed by atoms with van der Waals surface area (Å²) in [4.78, 5) is 24.4. The summed E-state index contributed by atoms with van der Waals surface area (Å²) in [6.07, 6.45) is 49.2. The predicted octanol–water partition coefficient (Wildman–Crippen LogP) is 13.8. The second-order valence-electron chi connectivity index (χ2n) is 16.5. The molecular formula is C48H93NO5. The molecule has 0 heterocycles. The van der Waals surface area contributed by atoms with E-state index in [1.807, 2.05) is 6.08 Å². The minimum absolute atomic E-state index is 0.0176. The van der Waals surface area contributed by atoms with Crippen molar-refractivity contribution in [1.29, 1.82) is 0 Å². The molecule has 2 unspecified atom stereocenters. The Kier molecular flexibility index (Phi) is 43.2. The number of aliphatic hydroxyl groups is 2. The molecule has 1 amide bonds. The highest BCUT2D eigenvalue weighted by Gasteiger charge is 2.18. The van der Waals surface area contributed by atoms with E-state index >= 15 is 0 Å². The Labute approximate surface area is 336 Å². The lowest BCUT2D eigenvalue weighted by Gasteiger charge is -2.20. The molecule has 0 rings (SSSR count). The summed E-state index contributed by atoms with van der Waals surface area (Å²) in [5.41, 5.74) is 0. The van der Waals surface area contributed by atoms with Gasteiger partial charge in [0.15, 0.2) is 0 Å². The number of carbonyl (C=O) groups is 2. The Hall–Kier alpha value is -1.40. The van der Waals surface area contributed by atoms with Crippen LogP contribution >= 0.6 is 0 Å². The van der Waals surface area contributed by atoms with Crippen LogP contribution in [0.2, 0.25) is 0 Å². The summed E-state index contributed by atoms with van der Waals surface area (Å²) >= 11 is 0. The van der Waals surface area contributed by atoms with Crippen molar-refractivity contribution in [3.8, 4) is 0 Å². The third-order valence-electron chi connectivity index (χ3n) is 11.1. The third kappa shape index (κ3) is 40.3. The molecule has 2 atom stereocenters. The van der Waals surface area contributed by atoms with E-state index in [1.54, 1.807) is 6.08 Å². The Balaban J connectivity index is 3.46. The standard InChI is InChI=1S/C48H93NO5/c1-3-5-7-9-11-13-15-16-17-18-19-20-21-26-30-34-38-42-48(53)54-43-39-35-31-27-23-22-25-29-33-37-41-47(52)49-45(44-50)46(51)40-36-32-28-24-14-12-10-8-6-4-2/h36,40,45-46,50-51H,3-35,37-39,41-44H2,1-2H3,(H,49,52)/b40-36+. The molecule has 0 aromatic heterocycles. The summed E-state index contributed by atoms with van der Waals surface area (Å²) < 4.78 is 5.46. The highest BCUT2D eigenvalue weighted by Crippen LogP contribution is 2.16. The van der Waals surface area contributed by atoms with Gasteiger partial charge in [-0.2, -0.15) is 0 Å². The zero-order valence-electron chi connectivity index (χ0n) is 36.2. The van der Waals surface area contributed by atoms with Crippen molar-refractivity contribution >= 4 is 11.9 Å². The van der Waals surface area contributed by atoms with Gasteiger partial charge in [0.1, 0.15) is 0 Å². The number of unbranched alkanes of at least 4 members (excludes halogenated alkanes) is 33. The molecule has 0 aliphatic heterocycles. The van der Waals surface area contributed by atoms with E-state index in [4.69, 9.17) is 4.74 Å². The average Bonchev–Trinajstić information content (AvgIpc) is 3.17. The monoisotopic (exact) mass is 764 g/mol. The molecule has 3 N–H and O–H groups in total. The molecular weight excluding hydrogens is 671 g/mol. The number of hydrogen-bond acceptors (Lipinski definition) is 5. The van der Waals surface area contributed by atoms with E-state index < -0.39 is 12.1 Å². The third-order valence-corrected chi connectivity index (χ3v) is 11.1. The van der Waals surface area contributed by atoms with Crippen LogP contribution < -0.4 is 5.32 Å². The van der Waals surface area contributed by atoms with Crippen molar-refractivity contribution in [1.82, 2.24) is 5.32 Å². The molecule has 320 valence electrons. The van der Waals surface area contributed by atoms with Gasteiger partial charge in [0.25, 0.3) is 0 Å². The number of carbonyl (C=O) groups excluding carboxylic acids is 2. The lowest BCUT2D eigenvalue weighted by molar-refractivity contribution is -0.143. The Morgan fingerprint density at radius 2 is 0.852 bits per heavy atom. The van der Waals surface area contributed by atoms with Crippen LogP contribution in [0.1, 0.15) is 258 Å². The molecule has 0 saturated carbocycles. The molecule has 0 fully saturated rings. The first-order valence-corrected chi connectivity index (χ1v) is 24.0. The number of hydrogen-bond donors (Lipinski definition) is 3. The van der Waals surface area contributed by atoms with Gasteiger partial charge in [-0.05, 0) is 32.1 Å². The molecule has 54 heavy (non-hydrogen) atoms. The fourth-order valence-corrected chi connectivity index (χ4v) is 7.34. The van der Waals surface area contributed by atoms with Gasteiger partial charge in [-0.1, -0.05) is 225 Å². The number of allylic oxidation sites excluding steroid dienone is 1. The van der Waals surface area contributed by atoms with Gasteiger partial charge in [0, 0.05) is 12.8 Å². The Morgan fingerprint density at radius 3 is 1.26 bits per heavy atom. The van der Waals surface area contributed by atoms with Crippen molar-refractivity contribution in [2.24, 2.45) is 0 Å². The minimum Gasteiger partial charge on any atom is -0.466 e.